The predicted molar refractivity (Wildman–Crippen MR) is 120 cm³/mol. The Hall–Kier alpha value is -4.06. The van der Waals surface area contributed by atoms with E-state index in [1.165, 1.54) is 19.2 Å². The van der Waals surface area contributed by atoms with Gasteiger partial charge in [-0.25, -0.2) is 9.37 Å². The van der Waals surface area contributed by atoms with Crippen molar-refractivity contribution in [3.05, 3.63) is 95.3 Å². The minimum absolute atomic E-state index is 0.000734. The van der Waals surface area contributed by atoms with E-state index in [2.05, 4.69) is 10.6 Å². The van der Waals surface area contributed by atoms with Crippen LogP contribution in [0.2, 0.25) is 0 Å². The Balaban J connectivity index is 1.79. The van der Waals surface area contributed by atoms with Crippen molar-refractivity contribution >= 4 is 28.4 Å². The second kappa shape index (κ2) is 8.36. The van der Waals surface area contributed by atoms with Crippen LogP contribution in [0, 0.1) is 12.7 Å². The number of nitrogens with one attached hydrogen (secondary N) is 2. The fourth-order valence-corrected chi connectivity index (χ4v) is 3.56. The highest BCUT2D eigenvalue weighted by Crippen LogP contribution is 2.30. The molecule has 0 bridgehead atoms. The summed E-state index contributed by atoms with van der Waals surface area (Å²) in [7, 11) is 1.47. The van der Waals surface area contributed by atoms with Crippen LogP contribution in [0.25, 0.3) is 22.2 Å². The van der Waals surface area contributed by atoms with Crippen LogP contribution in [-0.2, 0) is 0 Å². The summed E-state index contributed by atoms with van der Waals surface area (Å²) in [5.74, 6) is -1.53. The molecule has 6 heteroatoms. The van der Waals surface area contributed by atoms with E-state index in [4.69, 9.17) is 4.98 Å². The van der Waals surface area contributed by atoms with Crippen LogP contribution in [0.1, 0.15) is 26.3 Å². The Kier molecular flexibility index (Phi) is 5.45. The van der Waals surface area contributed by atoms with Gasteiger partial charge in [-0.3, -0.25) is 9.59 Å². The van der Waals surface area contributed by atoms with Crippen LogP contribution in [0.15, 0.2) is 72.8 Å². The van der Waals surface area contributed by atoms with Gasteiger partial charge in [0.1, 0.15) is 5.82 Å². The SMILES string of the molecule is CNC(=O)c1ccc(NC(=O)c2c(C)c(-c3ccccc3)nc3ccccc23)c(F)c1. The number of nitrogens with zero attached hydrogens (tertiary/aromatic N) is 1. The normalized spacial score (nSPS) is 10.7. The Bertz CT molecular complexity index is 1300. The number of para-hydroxylation sites is 1. The third-order valence-electron chi connectivity index (χ3n) is 5.12. The second-order valence-electron chi connectivity index (χ2n) is 7.07. The molecule has 4 aromatic rings. The van der Waals surface area contributed by atoms with Gasteiger partial charge in [-0.1, -0.05) is 48.5 Å². The average Bonchev–Trinajstić information content (AvgIpc) is 2.79. The number of amides is 2. The first kappa shape index (κ1) is 20.2. The summed E-state index contributed by atoms with van der Waals surface area (Å²) in [4.78, 5) is 29.7. The van der Waals surface area contributed by atoms with E-state index in [9.17, 15) is 14.0 Å². The van der Waals surface area contributed by atoms with E-state index in [-0.39, 0.29) is 11.3 Å². The van der Waals surface area contributed by atoms with Crippen molar-refractivity contribution in [1.29, 1.82) is 0 Å². The van der Waals surface area contributed by atoms with Gasteiger partial charge in [-0.15, -0.1) is 0 Å². The smallest absolute Gasteiger partial charge is 0.256 e. The number of fused-ring (bicyclic) bond motifs is 1. The number of benzene rings is 3. The largest absolute Gasteiger partial charge is 0.355 e. The van der Waals surface area contributed by atoms with Crippen LogP contribution in [0.5, 0.6) is 0 Å². The Morgan fingerprint density at radius 2 is 1.61 bits per heavy atom. The predicted octanol–water partition coefficient (Wildman–Crippen LogP) is 4.96. The van der Waals surface area contributed by atoms with Gasteiger partial charge in [-0.2, -0.15) is 0 Å². The molecule has 31 heavy (non-hydrogen) atoms. The molecule has 4 rings (SSSR count). The lowest BCUT2D eigenvalue weighted by Gasteiger charge is -2.15. The van der Waals surface area contributed by atoms with E-state index in [1.807, 2.05) is 61.5 Å². The molecule has 2 N–H and O–H groups in total. The maximum atomic E-state index is 14.6. The minimum atomic E-state index is -0.686. The number of rotatable bonds is 4. The Labute approximate surface area is 178 Å². The lowest BCUT2D eigenvalue weighted by molar-refractivity contribution is 0.0962. The molecule has 3 aromatic carbocycles. The van der Waals surface area contributed by atoms with Crippen molar-refractivity contribution in [3.63, 3.8) is 0 Å². The highest BCUT2D eigenvalue weighted by atomic mass is 19.1. The Morgan fingerprint density at radius 1 is 0.903 bits per heavy atom. The minimum Gasteiger partial charge on any atom is -0.355 e. The van der Waals surface area contributed by atoms with Gasteiger partial charge in [0.25, 0.3) is 11.8 Å². The summed E-state index contributed by atoms with van der Waals surface area (Å²) in [5.41, 5.74) is 3.56. The summed E-state index contributed by atoms with van der Waals surface area (Å²) in [6.07, 6.45) is 0. The Morgan fingerprint density at radius 3 is 2.32 bits per heavy atom. The number of carbonyl (C=O) groups excluding carboxylic acids is 2. The fraction of sp³-hybridized carbons (Fsp3) is 0.0800. The molecule has 0 aliphatic rings. The average molecular weight is 413 g/mol. The van der Waals surface area contributed by atoms with Gasteiger partial charge >= 0.3 is 0 Å². The van der Waals surface area contributed by atoms with Crippen molar-refractivity contribution in [1.82, 2.24) is 10.3 Å². The number of halogens is 1. The maximum Gasteiger partial charge on any atom is 0.256 e. The molecule has 0 atom stereocenters. The van der Waals surface area contributed by atoms with Crippen LogP contribution in [-0.4, -0.2) is 23.8 Å². The summed E-state index contributed by atoms with van der Waals surface area (Å²) >= 11 is 0. The summed E-state index contributed by atoms with van der Waals surface area (Å²) in [6, 6.07) is 20.9. The number of anilines is 1. The van der Waals surface area contributed by atoms with Crippen LogP contribution in [0.4, 0.5) is 10.1 Å². The lowest BCUT2D eigenvalue weighted by Crippen LogP contribution is -2.19. The summed E-state index contributed by atoms with van der Waals surface area (Å²) in [5, 5.41) is 5.77. The zero-order chi connectivity index (χ0) is 22.0. The molecule has 0 unspecified atom stereocenters. The van der Waals surface area contributed by atoms with Gasteiger partial charge in [-0.05, 0) is 36.8 Å². The van der Waals surface area contributed by atoms with E-state index in [1.54, 1.807) is 0 Å². The summed E-state index contributed by atoms with van der Waals surface area (Å²) < 4.78 is 14.6. The van der Waals surface area contributed by atoms with Gasteiger partial charge in [0.15, 0.2) is 0 Å². The topological polar surface area (TPSA) is 71.1 Å². The van der Waals surface area contributed by atoms with Gasteiger partial charge in [0, 0.05) is 23.6 Å². The van der Waals surface area contributed by atoms with Crippen LogP contribution >= 0.6 is 0 Å². The maximum absolute atomic E-state index is 14.6. The first-order valence-electron chi connectivity index (χ1n) is 9.77. The molecule has 1 heterocycles. The van der Waals surface area contributed by atoms with Crippen molar-refractivity contribution in [2.45, 2.75) is 6.92 Å². The molecule has 5 nitrogen and oxygen atoms in total. The quantitative estimate of drug-likeness (QED) is 0.497. The molecule has 0 aliphatic heterocycles. The number of aromatic nitrogens is 1. The molecule has 0 fully saturated rings. The van der Waals surface area contributed by atoms with Crippen LogP contribution in [0.3, 0.4) is 0 Å². The molecule has 0 spiro atoms. The molecular formula is C25H20FN3O2. The monoisotopic (exact) mass is 413 g/mol. The first-order chi connectivity index (χ1) is 15.0. The first-order valence-corrected chi connectivity index (χ1v) is 9.77. The molecule has 2 amide bonds. The van der Waals surface area contributed by atoms with E-state index >= 15 is 0 Å². The zero-order valence-corrected chi connectivity index (χ0v) is 17.1. The standard InChI is InChI=1S/C25H20FN3O2/c1-15-22(25(31)29-21-13-12-17(14-19(21)26)24(30)27-2)18-10-6-7-11-20(18)28-23(15)16-8-4-3-5-9-16/h3-14H,1-2H3,(H,27,30)(H,29,31). The molecule has 0 radical (unpaired) electrons. The molecule has 0 aliphatic carbocycles. The second-order valence-corrected chi connectivity index (χ2v) is 7.07. The van der Waals surface area contributed by atoms with Crippen molar-refractivity contribution in [3.8, 4) is 11.3 Å². The zero-order valence-electron chi connectivity index (χ0n) is 17.1. The molecule has 154 valence electrons. The lowest BCUT2D eigenvalue weighted by atomic mass is 9.97. The highest BCUT2D eigenvalue weighted by molar-refractivity contribution is 6.14. The number of hydrogen-bond acceptors (Lipinski definition) is 3. The van der Waals surface area contributed by atoms with Gasteiger partial charge < -0.3 is 10.6 Å². The number of carbonyl (C=O) groups is 2. The number of pyridine rings is 1. The molecule has 1 aromatic heterocycles. The fourth-order valence-electron chi connectivity index (χ4n) is 3.56. The van der Waals surface area contributed by atoms with Crippen molar-refractivity contribution < 1.29 is 14.0 Å². The van der Waals surface area contributed by atoms with E-state index in [0.29, 0.717) is 27.7 Å². The van der Waals surface area contributed by atoms with E-state index < -0.39 is 17.6 Å². The summed E-state index contributed by atoms with van der Waals surface area (Å²) in [6.45, 7) is 1.84. The van der Waals surface area contributed by atoms with E-state index in [0.717, 1.165) is 11.6 Å². The molecule has 0 saturated carbocycles. The molecular weight excluding hydrogens is 393 g/mol. The van der Waals surface area contributed by atoms with Crippen molar-refractivity contribution in [2.24, 2.45) is 0 Å². The highest BCUT2D eigenvalue weighted by Gasteiger charge is 2.20. The number of hydrogen-bond donors (Lipinski definition) is 2. The third-order valence-corrected chi connectivity index (χ3v) is 5.12. The van der Waals surface area contributed by atoms with Crippen LogP contribution < -0.4 is 10.6 Å². The third kappa shape index (κ3) is 3.88. The molecule has 0 saturated heterocycles. The van der Waals surface area contributed by atoms with Gasteiger partial charge in [0.2, 0.25) is 0 Å². The van der Waals surface area contributed by atoms with Crippen molar-refractivity contribution in [2.75, 3.05) is 12.4 Å². The van der Waals surface area contributed by atoms with Gasteiger partial charge in [0.05, 0.1) is 22.5 Å².